The molecule has 3 aromatic carbocycles. The Labute approximate surface area is 206 Å². The summed E-state index contributed by atoms with van der Waals surface area (Å²) < 4.78 is 12.6. The van der Waals surface area contributed by atoms with Crippen molar-refractivity contribution in [2.45, 2.75) is 44.9 Å². The molecule has 6 rings (SSSR count). The quantitative estimate of drug-likeness (QED) is 0.462. The van der Waals surface area contributed by atoms with Crippen LogP contribution in [0.3, 0.4) is 0 Å². The van der Waals surface area contributed by atoms with Crippen molar-refractivity contribution < 1.29 is 19.7 Å². The molecule has 1 aliphatic carbocycles. The summed E-state index contributed by atoms with van der Waals surface area (Å²) in [5.41, 5.74) is 4.72. The van der Waals surface area contributed by atoms with Gasteiger partial charge in [0.25, 0.3) is 0 Å². The summed E-state index contributed by atoms with van der Waals surface area (Å²) in [6.45, 7) is 6.18. The van der Waals surface area contributed by atoms with Gasteiger partial charge in [-0.3, -0.25) is 4.90 Å². The number of ether oxygens (including phenoxy) is 2. The normalized spacial score (nSPS) is 23.9. The molecule has 1 unspecified atom stereocenters. The molecule has 0 aromatic heterocycles. The largest absolute Gasteiger partial charge is 0.508 e. The number of benzene rings is 3. The fourth-order valence-electron chi connectivity index (χ4n) is 5.74. The van der Waals surface area contributed by atoms with E-state index in [1.54, 1.807) is 24.3 Å². The molecule has 2 N–H and O–H groups in total. The third kappa shape index (κ3) is 4.14. The first-order valence-corrected chi connectivity index (χ1v) is 12.5. The number of allylic oxidation sites excluding steroid dienone is 1. The Balaban J connectivity index is 1.26. The molecule has 0 spiro atoms. The molecule has 0 radical (unpaired) electrons. The van der Waals surface area contributed by atoms with Gasteiger partial charge in [0.1, 0.15) is 35.7 Å². The highest BCUT2D eigenvalue weighted by Crippen LogP contribution is 2.48. The highest BCUT2D eigenvalue weighted by atomic mass is 16.5. The SMILES string of the molecule is CC1=C(c2cccc(O)c2)C(c2ccc(OC[C@H](C)N3CC[C@H]4C[C@H]43)cc2)Oc2ccc(O)cc21. The van der Waals surface area contributed by atoms with Crippen LogP contribution in [0.25, 0.3) is 11.1 Å². The third-order valence-electron chi connectivity index (χ3n) is 7.74. The molecule has 35 heavy (non-hydrogen) atoms. The van der Waals surface area contributed by atoms with Gasteiger partial charge in [0, 0.05) is 23.2 Å². The van der Waals surface area contributed by atoms with E-state index < -0.39 is 0 Å². The topological polar surface area (TPSA) is 62.2 Å². The minimum absolute atomic E-state index is 0.197. The Morgan fingerprint density at radius 3 is 2.54 bits per heavy atom. The third-order valence-corrected chi connectivity index (χ3v) is 7.74. The lowest BCUT2D eigenvalue weighted by atomic mass is 9.86. The Morgan fingerprint density at radius 1 is 1.03 bits per heavy atom. The number of nitrogens with zero attached hydrogens (tertiary/aromatic N) is 1. The van der Waals surface area contributed by atoms with E-state index in [1.807, 2.05) is 37.3 Å². The molecule has 5 heteroatoms. The van der Waals surface area contributed by atoms with E-state index in [4.69, 9.17) is 9.47 Å². The number of likely N-dealkylation sites (tertiary alicyclic amines) is 1. The van der Waals surface area contributed by atoms with Gasteiger partial charge in [-0.25, -0.2) is 0 Å². The maximum absolute atomic E-state index is 10.1. The number of hydrogen-bond acceptors (Lipinski definition) is 5. The molecular formula is C30H31NO4. The van der Waals surface area contributed by atoms with Crippen molar-refractivity contribution in [2.24, 2.45) is 5.92 Å². The first kappa shape index (κ1) is 22.1. The predicted octanol–water partition coefficient (Wildman–Crippen LogP) is 6.02. The van der Waals surface area contributed by atoms with Crippen LogP contribution < -0.4 is 9.47 Å². The lowest BCUT2D eigenvalue weighted by Gasteiger charge is -2.31. The van der Waals surface area contributed by atoms with E-state index in [2.05, 4.69) is 24.0 Å². The summed E-state index contributed by atoms with van der Waals surface area (Å²) in [4.78, 5) is 2.60. The molecule has 3 aliphatic rings. The van der Waals surface area contributed by atoms with Crippen molar-refractivity contribution in [3.63, 3.8) is 0 Å². The number of piperidine rings is 1. The zero-order valence-electron chi connectivity index (χ0n) is 20.1. The van der Waals surface area contributed by atoms with Crippen LogP contribution in [-0.4, -0.2) is 40.3 Å². The van der Waals surface area contributed by atoms with E-state index in [0.29, 0.717) is 12.6 Å². The summed E-state index contributed by atoms with van der Waals surface area (Å²) in [5.74, 6) is 2.91. The fourth-order valence-corrected chi connectivity index (χ4v) is 5.74. The second kappa shape index (κ2) is 8.65. The van der Waals surface area contributed by atoms with E-state index in [-0.39, 0.29) is 17.6 Å². The van der Waals surface area contributed by atoms with Gasteiger partial charge in [-0.15, -0.1) is 0 Å². The minimum Gasteiger partial charge on any atom is -0.508 e. The molecule has 1 saturated carbocycles. The van der Waals surface area contributed by atoms with Gasteiger partial charge in [-0.05, 0) is 98.3 Å². The zero-order chi connectivity index (χ0) is 24.1. The summed E-state index contributed by atoms with van der Waals surface area (Å²) in [5, 5.41) is 20.2. The molecule has 2 aliphatic heterocycles. The number of aromatic hydroxyl groups is 2. The summed E-state index contributed by atoms with van der Waals surface area (Å²) in [6.07, 6.45) is 2.35. The number of phenols is 2. The van der Waals surface area contributed by atoms with Crippen LogP contribution in [0.1, 0.15) is 49.5 Å². The van der Waals surface area contributed by atoms with Crippen LogP contribution in [-0.2, 0) is 0 Å². The molecule has 5 nitrogen and oxygen atoms in total. The van der Waals surface area contributed by atoms with Gasteiger partial charge in [0.15, 0.2) is 0 Å². The van der Waals surface area contributed by atoms with Crippen LogP contribution in [0.15, 0.2) is 66.7 Å². The maximum atomic E-state index is 10.1. The number of phenolic OH excluding ortho intramolecular Hbond substituents is 2. The van der Waals surface area contributed by atoms with Crippen LogP contribution in [0.2, 0.25) is 0 Å². The molecule has 3 aromatic rings. The van der Waals surface area contributed by atoms with Crippen LogP contribution in [0.5, 0.6) is 23.0 Å². The summed E-state index contributed by atoms with van der Waals surface area (Å²) in [7, 11) is 0. The Kier molecular flexibility index (Phi) is 5.45. The van der Waals surface area contributed by atoms with E-state index in [1.165, 1.54) is 19.4 Å². The fraction of sp³-hybridized carbons (Fsp3) is 0.333. The van der Waals surface area contributed by atoms with Crippen LogP contribution >= 0.6 is 0 Å². The monoisotopic (exact) mass is 469 g/mol. The lowest BCUT2D eigenvalue weighted by molar-refractivity contribution is 0.155. The van der Waals surface area contributed by atoms with Crippen molar-refractivity contribution in [1.29, 1.82) is 0 Å². The van der Waals surface area contributed by atoms with Gasteiger partial charge in [0.2, 0.25) is 0 Å². The molecule has 0 amide bonds. The van der Waals surface area contributed by atoms with E-state index in [0.717, 1.165) is 51.3 Å². The molecular weight excluding hydrogens is 438 g/mol. The lowest BCUT2D eigenvalue weighted by Crippen LogP contribution is -2.37. The maximum Gasteiger partial charge on any atom is 0.150 e. The van der Waals surface area contributed by atoms with Crippen molar-refractivity contribution in [2.75, 3.05) is 13.2 Å². The average Bonchev–Trinajstić information content (AvgIpc) is 3.52. The summed E-state index contributed by atoms with van der Waals surface area (Å²) >= 11 is 0. The first-order chi connectivity index (χ1) is 17.0. The number of fused-ring (bicyclic) bond motifs is 2. The Morgan fingerprint density at radius 2 is 1.83 bits per heavy atom. The molecule has 1 saturated heterocycles. The van der Waals surface area contributed by atoms with Gasteiger partial charge in [0.05, 0.1) is 0 Å². The van der Waals surface area contributed by atoms with Gasteiger partial charge in [-0.1, -0.05) is 24.3 Å². The second-order valence-electron chi connectivity index (χ2n) is 10.1. The van der Waals surface area contributed by atoms with Crippen molar-refractivity contribution in [3.05, 3.63) is 83.4 Å². The first-order valence-electron chi connectivity index (χ1n) is 12.5. The van der Waals surface area contributed by atoms with Gasteiger partial charge in [-0.2, -0.15) is 0 Å². The predicted molar refractivity (Wildman–Crippen MR) is 137 cm³/mol. The Bertz CT molecular complexity index is 1280. The summed E-state index contributed by atoms with van der Waals surface area (Å²) in [6, 6.07) is 21.7. The van der Waals surface area contributed by atoms with Gasteiger partial charge < -0.3 is 19.7 Å². The molecule has 2 fully saturated rings. The number of hydrogen-bond donors (Lipinski definition) is 2. The minimum atomic E-state index is -0.349. The van der Waals surface area contributed by atoms with Crippen molar-refractivity contribution in [3.8, 4) is 23.0 Å². The smallest absolute Gasteiger partial charge is 0.150 e. The highest BCUT2D eigenvalue weighted by Gasteiger charge is 2.48. The van der Waals surface area contributed by atoms with Crippen LogP contribution in [0.4, 0.5) is 0 Å². The zero-order valence-corrected chi connectivity index (χ0v) is 20.1. The van der Waals surface area contributed by atoms with Crippen LogP contribution in [0, 0.1) is 5.92 Å². The molecule has 2 heterocycles. The van der Waals surface area contributed by atoms with Gasteiger partial charge >= 0.3 is 0 Å². The van der Waals surface area contributed by atoms with Crippen molar-refractivity contribution >= 4 is 11.1 Å². The average molecular weight is 470 g/mol. The molecule has 4 atom stereocenters. The molecule has 180 valence electrons. The standard InChI is InChI=1S/C30H31NO4/c1-18(31-13-12-21-15-27(21)31)17-34-25-9-6-20(7-10-25)30-29(22-4-3-5-23(32)14-22)19(2)26-16-24(33)8-11-28(26)35-30/h3-11,14,16,18,21,27,30,32-33H,12-13,15,17H2,1-2H3/t18-,21-,27+,30?/m0/s1. The molecule has 0 bridgehead atoms. The number of rotatable bonds is 6. The van der Waals surface area contributed by atoms with E-state index in [9.17, 15) is 10.2 Å². The Hall–Kier alpha value is -3.44. The van der Waals surface area contributed by atoms with E-state index >= 15 is 0 Å². The van der Waals surface area contributed by atoms with Crippen molar-refractivity contribution in [1.82, 2.24) is 4.90 Å². The second-order valence-corrected chi connectivity index (χ2v) is 10.1. The highest BCUT2D eigenvalue weighted by molar-refractivity contribution is 5.95.